The van der Waals surface area contributed by atoms with Gasteiger partial charge in [-0.1, -0.05) is 30.9 Å². The van der Waals surface area contributed by atoms with E-state index < -0.39 is 0 Å². The SMILES string of the molecule is C=CC(=O)Nc1cc(-n2c(=O)c(-c3ccn(-c4ccc5ncc6ccc(=O)n(-c7ccc(C)c(NC8OC8/C=C/CN(C)C)c7)c6c5c4)n3)cc3cnc4ccc(-n5cccn5)cc4c32)ccc1C. The van der Waals surface area contributed by atoms with E-state index in [1.807, 2.05) is 113 Å². The molecule has 69 heavy (non-hydrogen) atoms. The third-order valence-corrected chi connectivity index (χ3v) is 12.4. The van der Waals surface area contributed by atoms with Crippen LogP contribution in [0.2, 0.25) is 0 Å². The number of aromatic nitrogens is 8. The van der Waals surface area contributed by atoms with E-state index in [-0.39, 0.29) is 29.4 Å². The maximum Gasteiger partial charge on any atom is 0.265 e. The predicted octanol–water partition coefficient (Wildman–Crippen LogP) is 8.43. The number of amides is 1. The predicted molar refractivity (Wildman–Crippen MR) is 271 cm³/mol. The average molecular weight is 912 g/mol. The molecule has 10 aromatic rings. The van der Waals surface area contributed by atoms with Crippen LogP contribution in [0.4, 0.5) is 11.4 Å². The topological polar surface area (TPSA) is 162 Å². The Morgan fingerprint density at radius 3 is 2.13 bits per heavy atom. The van der Waals surface area contributed by atoms with E-state index in [4.69, 9.17) is 19.8 Å². The lowest BCUT2D eigenvalue weighted by molar-refractivity contribution is -0.111. The number of carbonyl (C=O) groups excluding carboxylic acids is 1. The molecule has 6 aromatic heterocycles. The Kier molecular flexibility index (Phi) is 10.6. The number of benzene rings is 4. The minimum atomic E-state index is -0.371. The van der Waals surface area contributed by atoms with Crippen LogP contribution in [0, 0.1) is 13.8 Å². The first-order chi connectivity index (χ1) is 33.5. The molecule has 2 N–H and O–H groups in total. The van der Waals surface area contributed by atoms with Crippen LogP contribution in [-0.4, -0.2) is 82.4 Å². The number of nitrogens with zero attached hydrogens (tertiary/aromatic N) is 9. The number of fused-ring (bicyclic) bond motifs is 6. The Hall–Kier alpha value is -8.79. The van der Waals surface area contributed by atoms with Crippen molar-refractivity contribution in [2.45, 2.75) is 26.2 Å². The molecule has 1 saturated heterocycles. The molecule has 2 unspecified atom stereocenters. The van der Waals surface area contributed by atoms with Gasteiger partial charge in [0.1, 0.15) is 6.10 Å². The highest BCUT2D eigenvalue weighted by atomic mass is 16.6. The molecule has 1 fully saturated rings. The van der Waals surface area contributed by atoms with E-state index in [2.05, 4.69) is 39.4 Å². The number of pyridine rings is 4. The molecule has 4 aromatic carbocycles. The summed E-state index contributed by atoms with van der Waals surface area (Å²) in [6.45, 7) is 8.35. The summed E-state index contributed by atoms with van der Waals surface area (Å²) in [5.41, 5.74) is 8.87. The van der Waals surface area contributed by atoms with Crippen molar-refractivity contribution in [1.82, 2.24) is 43.6 Å². The van der Waals surface area contributed by atoms with E-state index >= 15 is 4.79 Å². The lowest BCUT2D eigenvalue weighted by Crippen LogP contribution is -2.21. The molecule has 2 atom stereocenters. The fourth-order valence-electron chi connectivity index (χ4n) is 8.80. The molecule has 340 valence electrons. The highest BCUT2D eigenvalue weighted by Crippen LogP contribution is 2.34. The van der Waals surface area contributed by atoms with Crippen molar-refractivity contribution in [3.8, 4) is 34.0 Å². The Bertz CT molecular complexity index is 3870. The van der Waals surface area contributed by atoms with Gasteiger partial charge in [0.2, 0.25) is 5.91 Å². The number of rotatable bonds is 12. The second-order valence-electron chi connectivity index (χ2n) is 17.4. The fraction of sp³-hybridized carbons (Fsp3) is 0.130. The summed E-state index contributed by atoms with van der Waals surface area (Å²) in [6.07, 6.45) is 14.1. The normalized spacial score (nSPS) is 14.7. The van der Waals surface area contributed by atoms with Gasteiger partial charge in [0.25, 0.3) is 11.1 Å². The number of epoxide rings is 1. The zero-order valence-corrected chi connectivity index (χ0v) is 38.2. The second-order valence-corrected chi connectivity index (χ2v) is 17.4. The summed E-state index contributed by atoms with van der Waals surface area (Å²) in [5, 5.41) is 18.8. The quantitative estimate of drug-likeness (QED) is 0.0527. The maximum atomic E-state index is 15.2. The summed E-state index contributed by atoms with van der Waals surface area (Å²) in [6, 6.07) is 31.8. The van der Waals surface area contributed by atoms with E-state index in [9.17, 15) is 9.59 Å². The number of ether oxygens (including phenoxy) is 1. The number of carbonyl (C=O) groups is 1. The van der Waals surface area contributed by atoms with E-state index in [1.54, 1.807) is 67.6 Å². The summed E-state index contributed by atoms with van der Waals surface area (Å²) in [5.74, 6) is -0.371. The average Bonchev–Trinajstić information content (AvgIpc) is 3.66. The van der Waals surface area contributed by atoms with Crippen LogP contribution in [0.15, 0.2) is 169 Å². The Morgan fingerprint density at radius 1 is 0.754 bits per heavy atom. The minimum Gasteiger partial charge on any atom is -0.357 e. The van der Waals surface area contributed by atoms with Gasteiger partial charge in [-0.3, -0.25) is 33.5 Å². The summed E-state index contributed by atoms with van der Waals surface area (Å²) in [4.78, 5) is 53.3. The van der Waals surface area contributed by atoms with Gasteiger partial charge in [-0.05, 0) is 130 Å². The molecular formula is C54H45N11O4. The van der Waals surface area contributed by atoms with Gasteiger partial charge in [-0.25, -0.2) is 9.36 Å². The zero-order chi connectivity index (χ0) is 47.5. The molecule has 15 heteroatoms. The van der Waals surface area contributed by atoms with Crippen LogP contribution < -0.4 is 21.8 Å². The molecule has 7 heterocycles. The van der Waals surface area contributed by atoms with Gasteiger partial charge in [0.05, 0.1) is 56.1 Å². The van der Waals surface area contributed by atoms with E-state index in [0.29, 0.717) is 61.5 Å². The fourth-order valence-corrected chi connectivity index (χ4v) is 8.80. The van der Waals surface area contributed by atoms with Crippen molar-refractivity contribution in [2.24, 2.45) is 0 Å². The monoisotopic (exact) mass is 911 g/mol. The number of likely N-dealkylation sites (N-methyl/N-ethyl adjacent to an activating group) is 1. The second kappa shape index (κ2) is 17.1. The highest BCUT2D eigenvalue weighted by molar-refractivity contribution is 6.07. The standard InChI is InChI=1S/C54H45N11O4/c1-6-49(66)58-46-29-39(14-11-32(46)2)65-52-35(31-56-44-17-15-36(26-41(44)52)62-23-8-21-57-62)25-42(54(65)68)45-20-24-63(60-45)37-16-18-43-40(27-37)51-34(30-55-43)12-19-50(67)64(51)38-13-10-33(3)47(28-38)59-53-48(69-53)9-7-22-61(4)5/h6-21,23-31,48,53,59H,1,22H2,2-5H3,(H,58,66)/b9-7+. The molecule has 0 spiro atoms. The first-order valence-corrected chi connectivity index (χ1v) is 22.4. The molecule has 0 bridgehead atoms. The van der Waals surface area contributed by atoms with Crippen LogP contribution in [-0.2, 0) is 9.53 Å². The van der Waals surface area contributed by atoms with Crippen LogP contribution in [0.3, 0.4) is 0 Å². The largest absolute Gasteiger partial charge is 0.357 e. The van der Waals surface area contributed by atoms with Gasteiger partial charge in [-0.2, -0.15) is 10.2 Å². The van der Waals surface area contributed by atoms with Crippen LogP contribution >= 0.6 is 0 Å². The molecule has 1 aliphatic rings. The van der Waals surface area contributed by atoms with Gasteiger partial charge < -0.3 is 20.3 Å². The van der Waals surface area contributed by atoms with Crippen LogP contribution in [0.5, 0.6) is 0 Å². The summed E-state index contributed by atoms with van der Waals surface area (Å²) < 4.78 is 12.7. The van der Waals surface area contributed by atoms with Gasteiger partial charge in [0, 0.05) is 76.5 Å². The van der Waals surface area contributed by atoms with E-state index in [0.717, 1.165) is 45.2 Å². The van der Waals surface area contributed by atoms with Crippen molar-refractivity contribution >= 4 is 60.9 Å². The molecule has 0 radical (unpaired) electrons. The Morgan fingerprint density at radius 2 is 1.42 bits per heavy atom. The molecule has 1 aliphatic heterocycles. The highest BCUT2D eigenvalue weighted by Gasteiger charge is 2.36. The van der Waals surface area contributed by atoms with Crippen molar-refractivity contribution in [2.75, 3.05) is 31.3 Å². The maximum absolute atomic E-state index is 15.2. The molecule has 1 amide bonds. The van der Waals surface area contributed by atoms with Gasteiger partial charge in [-0.15, -0.1) is 0 Å². The molecule has 11 rings (SSSR count). The number of nitrogens with one attached hydrogen (secondary N) is 2. The summed E-state index contributed by atoms with van der Waals surface area (Å²) >= 11 is 0. The van der Waals surface area contributed by atoms with Crippen molar-refractivity contribution in [3.05, 3.63) is 191 Å². The minimum absolute atomic E-state index is 0.0364. The number of hydrogen-bond donors (Lipinski definition) is 2. The Balaban J connectivity index is 1.02. The lowest BCUT2D eigenvalue weighted by atomic mass is 10.1. The van der Waals surface area contributed by atoms with Crippen molar-refractivity contribution < 1.29 is 9.53 Å². The smallest absolute Gasteiger partial charge is 0.265 e. The molecule has 15 nitrogen and oxygen atoms in total. The van der Waals surface area contributed by atoms with Gasteiger partial charge >= 0.3 is 0 Å². The number of anilines is 2. The zero-order valence-electron chi connectivity index (χ0n) is 38.2. The molecule has 0 saturated carbocycles. The third-order valence-electron chi connectivity index (χ3n) is 12.4. The van der Waals surface area contributed by atoms with Crippen LogP contribution in [0.1, 0.15) is 11.1 Å². The van der Waals surface area contributed by atoms with E-state index in [1.165, 1.54) is 6.08 Å². The Labute approximate surface area is 394 Å². The van der Waals surface area contributed by atoms with Crippen LogP contribution in [0.25, 0.3) is 77.6 Å². The van der Waals surface area contributed by atoms with Crippen molar-refractivity contribution in [1.29, 1.82) is 0 Å². The molecular weight excluding hydrogens is 867 g/mol. The summed E-state index contributed by atoms with van der Waals surface area (Å²) in [7, 11) is 4.05. The molecule has 0 aliphatic carbocycles. The number of hydrogen-bond acceptors (Lipinski definition) is 10. The third kappa shape index (κ3) is 7.94. The van der Waals surface area contributed by atoms with Crippen molar-refractivity contribution in [3.63, 3.8) is 0 Å². The first-order valence-electron chi connectivity index (χ1n) is 22.4. The lowest BCUT2D eigenvalue weighted by Gasteiger charge is -2.17. The number of aryl methyl sites for hydroxylation is 2. The van der Waals surface area contributed by atoms with Gasteiger partial charge in [0.15, 0.2) is 6.23 Å². The first kappa shape index (κ1) is 42.8.